The van der Waals surface area contributed by atoms with Crippen LogP contribution in [0.25, 0.3) is 0 Å². The summed E-state index contributed by atoms with van der Waals surface area (Å²) in [6.45, 7) is 0.462. The molecular formula is C9H8ClF3N4. The standard InChI is InChI=1S/C9H8ClF3N4/c10-6-3-5(9(11,12)13)4-15-8(6)17-2-1-7(14)16-17/h3-4H,1-2H2,(H2,14,16). The van der Waals surface area contributed by atoms with E-state index in [4.69, 9.17) is 17.3 Å². The van der Waals surface area contributed by atoms with E-state index in [1.54, 1.807) is 0 Å². The topological polar surface area (TPSA) is 54.5 Å². The molecule has 8 heteroatoms. The van der Waals surface area contributed by atoms with Gasteiger partial charge in [-0.2, -0.15) is 18.3 Å². The first-order chi connectivity index (χ1) is 7.88. The van der Waals surface area contributed by atoms with E-state index in [1.165, 1.54) is 5.01 Å². The van der Waals surface area contributed by atoms with Crippen LogP contribution in [0.2, 0.25) is 5.02 Å². The number of hydrogen-bond acceptors (Lipinski definition) is 4. The number of alkyl halides is 3. The Balaban J connectivity index is 2.33. The summed E-state index contributed by atoms with van der Waals surface area (Å²) in [5.41, 5.74) is 4.58. The predicted molar refractivity (Wildman–Crippen MR) is 57.8 cm³/mol. The first kappa shape index (κ1) is 12.0. The molecule has 17 heavy (non-hydrogen) atoms. The van der Waals surface area contributed by atoms with Crippen LogP contribution in [-0.2, 0) is 6.18 Å². The van der Waals surface area contributed by atoms with E-state index in [1.807, 2.05) is 0 Å². The second-order valence-electron chi connectivity index (χ2n) is 3.49. The minimum absolute atomic E-state index is 0.0988. The Kier molecular flexibility index (Phi) is 2.86. The highest BCUT2D eigenvalue weighted by Crippen LogP contribution is 2.34. The van der Waals surface area contributed by atoms with E-state index < -0.39 is 11.7 Å². The zero-order valence-electron chi connectivity index (χ0n) is 8.50. The van der Waals surface area contributed by atoms with Crippen molar-refractivity contribution in [3.05, 3.63) is 22.8 Å². The van der Waals surface area contributed by atoms with E-state index in [-0.39, 0.29) is 10.8 Å². The lowest BCUT2D eigenvalue weighted by Gasteiger charge is -2.15. The minimum Gasteiger partial charge on any atom is -0.386 e. The van der Waals surface area contributed by atoms with Crippen molar-refractivity contribution in [1.29, 1.82) is 0 Å². The van der Waals surface area contributed by atoms with E-state index >= 15 is 0 Å². The maximum absolute atomic E-state index is 12.4. The zero-order chi connectivity index (χ0) is 12.6. The van der Waals surface area contributed by atoms with Gasteiger partial charge in [0.05, 0.1) is 17.1 Å². The molecule has 2 N–H and O–H groups in total. The number of hydrazone groups is 1. The van der Waals surface area contributed by atoms with Crippen molar-refractivity contribution in [2.45, 2.75) is 12.6 Å². The van der Waals surface area contributed by atoms with Crippen molar-refractivity contribution in [2.75, 3.05) is 11.6 Å². The fraction of sp³-hybridized carbons (Fsp3) is 0.333. The summed E-state index contributed by atoms with van der Waals surface area (Å²) in [4.78, 5) is 3.67. The van der Waals surface area contributed by atoms with Crippen molar-refractivity contribution in [3.8, 4) is 0 Å². The van der Waals surface area contributed by atoms with E-state index in [2.05, 4.69) is 10.1 Å². The molecule has 1 aliphatic heterocycles. The highest BCUT2D eigenvalue weighted by atomic mass is 35.5. The number of nitrogens with two attached hydrogens (primary N) is 1. The van der Waals surface area contributed by atoms with Gasteiger partial charge in [0.15, 0.2) is 5.82 Å². The predicted octanol–water partition coefficient (Wildman–Crippen LogP) is 2.24. The van der Waals surface area contributed by atoms with Gasteiger partial charge in [-0.3, -0.25) is 0 Å². The molecule has 0 unspecified atom stereocenters. The molecule has 0 fully saturated rings. The Morgan fingerprint density at radius 3 is 2.59 bits per heavy atom. The average molecular weight is 265 g/mol. The van der Waals surface area contributed by atoms with Gasteiger partial charge in [0, 0.05) is 12.6 Å². The lowest BCUT2D eigenvalue weighted by molar-refractivity contribution is -0.137. The number of amidine groups is 1. The van der Waals surface area contributed by atoms with Gasteiger partial charge in [-0.05, 0) is 6.07 Å². The van der Waals surface area contributed by atoms with Gasteiger partial charge >= 0.3 is 6.18 Å². The molecule has 4 nitrogen and oxygen atoms in total. The molecule has 0 saturated carbocycles. The van der Waals surface area contributed by atoms with E-state index in [0.29, 0.717) is 18.8 Å². The molecule has 0 spiro atoms. The molecule has 0 saturated heterocycles. The van der Waals surface area contributed by atoms with E-state index in [0.717, 1.165) is 12.3 Å². The van der Waals surface area contributed by atoms with Crippen LogP contribution >= 0.6 is 11.6 Å². The average Bonchev–Trinajstić information content (AvgIpc) is 2.63. The number of hydrogen-bond donors (Lipinski definition) is 1. The fourth-order valence-electron chi connectivity index (χ4n) is 1.40. The summed E-state index contributed by atoms with van der Waals surface area (Å²) in [6.07, 6.45) is -3.19. The summed E-state index contributed by atoms with van der Waals surface area (Å²) in [7, 11) is 0. The summed E-state index contributed by atoms with van der Waals surface area (Å²) < 4.78 is 37.1. The Hall–Kier alpha value is -1.50. The molecule has 1 aromatic rings. The summed E-state index contributed by atoms with van der Waals surface area (Å²) in [5.74, 6) is 0.586. The second-order valence-corrected chi connectivity index (χ2v) is 3.90. The van der Waals surface area contributed by atoms with Crippen molar-refractivity contribution in [3.63, 3.8) is 0 Å². The molecule has 2 rings (SSSR count). The van der Waals surface area contributed by atoms with Crippen LogP contribution in [0, 0.1) is 0 Å². The molecule has 92 valence electrons. The molecular weight excluding hydrogens is 257 g/mol. The quantitative estimate of drug-likeness (QED) is 0.846. The maximum Gasteiger partial charge on any atom is 0.417 e. The Bertz CT molecular complexity index is 472. The van der Waals surface area contributed by atoms with Crippen LogP contribution in [0.4, 0.5) is 19.0 Å². The van der Waals surface area contributed by atoms with E-state index in [9.17, 15) is 13.2 Å². The smallest absolute Gasteiger partial charge is 0.386 e. The third-order valence-electron chi connectivity index (χ3n) is 2.22. The molecule has 0 aliphatic carbocycles. The first-order valence-corrected chi connectivity index (χ1v) is 5.09. The van der Waals surface area contributed by atoms with Gasteiger partial charge in [0.25, 0.3) is 0 Å². The van der Waals surface area contributed by atoms with Crippen LogP contribution < -0.4 is 10.7 Å². The molecule has 1 aromatic heterocycles. The van der Waals surface area contributed by atoms with Gasteiger partial charge < -0.3 is 5.73 Å². The van der Waals surface area contributed by atoms with Crippen LogP contribution in [0.3, 0.4) is 0 Å². The van der Waals surface area contributed by atoms with Crippen LogP contribution in [-0.4, -0.2) is 17.4 Å². The Morgan fingerprint density at radius 1 is 1.41 bits per heavy atom. The second kappa shape index (κ2) is 4.06. The zero-order valence-corrected chi connectivity index (χ0v) is 9.26. The highest BCUT2D eigenvalue weighted by Gasteiger charge is 2.32. The number of anilines is 1. The Labute approximate surface area is 99.9 Å². The third kappa shape index (κ3) is 2.44. The van der Waals surface area contributed by atoms with Crippen LogP contribution in [0.5, 0.6) is 0 Å². The molecule has 0 radical (unpaired) electrons. The fourth-order valence-corrected chi connectivity index (χ4v) is 1.67. The summed E-state index contributed by atoms with van der Waals surface area (Å²) in [5, 5.41) is 5.20. The number of rotatable bonds is 1. The monoisotopic (exact) mass is 264 g/mol. The number of pyridine rings is 1. The minimum atomic E-state index is -4.46. The maximum atomic E-state index is 12.4. The van der Waals surface area contributed by atoms with Crippen molar-refractivity contribution in [2.24, 2.45) is 10.8 Å². The lowest BCUT2D eigenvalue weighted by atomic mass is 10.2. The largest absolute Gasteiger partial charge is 0.417 e. The molecule has 2 heterocycles. The van der Waals surface area contributed by atoms with Gasteiger partial charge in [0.2, 0.25) is 0 Å². The number of nitrogens with zero attached hydrogens (tertiary/aromatic N) is 3. The van der Waals surface area contributed by atoms with Crippen LogP contribution in [0.15, 0.2) is 17.4 Å². The van der Waals surface area contributed by atoms with Crippen molar-refractivity contribution in [1.82, 2.24) is 4.98 Å². The molecule has 1 aliphatic rings. The Morgan fingerprint density at radius 2 is 2.12 bits per heavy atom. The van der Waals surface area contributed by atoms with Gasteiger partial charge in [-0.25, -0.2) is 9.99 Å². The van der Waals surface area contributed by atoms with Crippen LogP contribution in [0.1, 0.15) is 12.0 Å². The number of aromatic nitrogens is 1. The van der Waals surface area contributed by atoms with Crippen molar-refractivity contribution >= 4 is 23.3 Å². The van der Waals surface area contributed by atoms with Gasteiger partial charge in [-0.15, -0.1) is 0 Å². The molecule has 0 amide bonds. The van der Waals surface area contributed by atoms with Crippen molar-refractivity contribution < 1.29 is 13.2 Å². The normalized spacial score (nSPS) is 16.2. The highest BCUT2D eigenvalue weighted by molar-refractivity contribution is 6.33. The third-order valence-corrected chi connectivity index (χ3v) is 2.50. The van der Waals surface area contributed by atoms with Gasteiger partial charge in [0.1, 0.15) is 5.84 Å². The molecule has 0 bridgehead atoms. The first-order valence-electron chi connectivity index (χ1n) is 4.71. The molecule has 0 atom stereocenters. The van der Waals surface area contributed by atoms with Gasteiger partial charge in [-0.1, -0.05) is 11.6 Å². The summed E-state index contributed by atoms with van der Waals surface area (Å²) in [6, 6.07) is 0.827. The SMILES string of the molecule is NC1=NN(c2ncc(C(F)(F)F)cc2Cl)CC1. The lowest BCUT2D eigenvalue weighted by Crippen LogP contribution is -2.15. The summed E-state index contributed by atoms with van der Waals surface area (Å²) >= 11 is 5.75. The number of halogens is 4. The molecule has 0 aromatic carbocycles.